The highest BCUT2D eigenvalue weighted by molar-refractivity contribution is 5.59. The highest BCUT2D eigenvalue weighted by atomic mass is 19.4. The van der Waals surface area contributed by atoms with Crippen molar-refractivity contribution < 1.29 is 17.9 Å². The molecule has 2 nitrogen and oxygen atoms in total. The van der Waals surface area contributed by atoms with Gasteiger partial charge in [0, 0.05) is 17.8 Å². The SMILES string of the molecule is FC(F)(F)Oc1cccc2c1CCCN2. The van der Waals surface area contributed by atoms with Gasteiger partial charge >= 0.3 is 6.36 Å². The van der Waals surface area contributed by atoms with Crippen LogP contribution in [-0.4, -0.2) is 12.9 Å². The summed E-state index contributed by atoms with van der Waals surface area (Å²) in [7, 11) is 0. The third-order valence-corrected chi connectivity index (χ3v) is 2.28. The Bertz CT molecular complexity index is 362. The lowest BCUT2D eigenvalue weighted by Gasteiger charge is -2.21. The molecule has 1 N–H and O–H groups in total. The number of rotatable bonds is 1. The summed E-state index contributed by atoms with van der Waals surface area (Å²) in [5.74, 6) is -0.0906. The molecule has 2 rings (SSSR count). The topological polar surface area (TPSA) is 21.3 Å². The van der Waals surface area contributed by atoms with Gasteiger partial charge in [-0.3, -0.25) is 0 Å². The monoisotopic (exact) mass is 217 g/mol. The van der Waals surface area contributed by atoms with Gasteiger partial charge in [-0.1, -0.05) is 6.07 Å². The van der Waals surface area contributed by atoms with Crippen molar-refractivity contribution in [2.45, 2.75) is 19.2 Å². The van der Waals surface area contributed by atoms with Crippen LogP contribution in [0.2, 0.25) is 0 Å². The molecule has 1 aromatic rings. The molecule has 1 aliphatic rings. The summed E-state index contributed by atoms with van der Waals surface area (Å²) >= 11 is 0. The molecule has 1 aliphatic heterocycles. The van der Waals surface area contributed by atoms with E-state index >= 15 is 0 Å². The molecule has 1 aromatic carbocycles. The van der Waals surface area contributed by atoms with Crippen molar-refractivity contribution in [3.63, 3.8) is 0 Å². The van der Waals surface area contributed by atoms with Gasteiger partial charge in [-0.2, -0.15) is 0 Å². The molecule has 0 bridgehead atoms. The van der Waals surface area contributed by atoms with E-state index < -0.39 is 6.36 Å². The number of nitrogens with one attached hydrogen (secondary N) is 1. The summed E-state index contributed by atoms with van der Waals surface area (Å²) in [6, 6.07) is 4.66. The molecule has 0 radical (unpaired) electrons. The minimum absolute atomic E-state index is 0.0906. The second kappa shape index (κ2) is 3.64. The van der Waals surface area contributed by atoms with Gasteiger partial charge in [0.15, 0.2) is 0 Å². The molecule has 1 heterocycles. The molecule has 82 valence electrons. The predicted molar refractivity (Wildman–Crippen MR) is 49.9 cm³/mol. The van der Waals surface area contributed by atoms with Crippen molar-refractivity contribution >= 4 is 5.69 Å². The molecule has 0 saturated carbocycles. The zero-order valence-corrected chi connectivity index (χ0v) is 7.90. The first-order chi connectivity index (χ1) is 7.06. The van der Waals surface area contributed by atoms with Gasteiger partial charge in [0.25, 0.3) is 0 Å². The van der Waals surface area contributed by atoms with E-state index in [0.29, 0.717) is 12.0 Å². The third kappa shape index (κ3) is 2.34. The van der Waals surface area contributed by atoms with E-state index in [9.17, 15) is 13.2 Å². The van der Waals surface area contributed by atoms with Crippen LogP contribution in [0.3, 0.4) is 0 Å². The van der Waals surface area contributed by atoms with Crippen LogP contribution in [0.4, 0.5) is 18.9 Å². The van der Waals surface area contributed by atoms with Crippen molar-refractivity contribution in [2.24, 2.45) is 0 Å². The van der Waals surface area contributed by atoms with E-state index in [4.69, 9.17) is 0 Å². The first-order valence-electron chi connectivity index (χ1n) is 4.68. The smallest absolute Gasteiger partial charge is 0.405 e. The number of fused-ring (bicyclic) bond motifs is 1. The summed E-state index contributed by atoms with van der Waals surface area (Å²) in [5, 5.41) is 3.04. The highest BCUT2D eigenvalue weighted by Gasteiger charge is 2.32. The van der Waals surface area contributed by atoms with Gasteiger partial charge in [0.05, 0.1) is 0 Å². The van der Waals surface area contributed by atoms with Crippen LogP contribution in [0.25, 0.3) is 0 Å². The number of alkyl halides is 3. The van der Waals surface area contributed by atoms with E-state index in [0.717, 1.165) is 18.7 Å². The van der Waals surface area contributed by atoms with Gasteiger partial charge in [-0.25, -0.2) is 0 Å². The van der Waals surface area contributed by atoms with Crippen LogP contribution in [0.5, 0.6) is 5.75 Å². The molecule has 0 spiro atoms. The lowest BCUT2D eigenvalue weighted by Crippen LogP contribution is -2.20. The average molecular weight is 217 g/mol. The fraction of sp³-hybridized carbons (Fsp3) is 0.400. The minimum atomic E-state index is -4.62. The molecule has 0 saturated heterocycles. The van der Waals surface area contributed by atoms with Crippen molar-refractivity contribution in [1.29, 1.82) is 0 Å². The summed E-state index contributed by atoms with van der Waals surface area (Å²) < 4.78 is 40.2. The van der Waals surface area contributed by atoms with Gasteiger partial charge in [0.1, 0.15) is 5.75 Å². The zero-order valence-electron chi connectivity index (χ0n) is 7.90. The van der Waals surface area contributed by atoms with Crippen LogP contribution < -0.4 is 10.1 Å². The second-order valence-electron chi connectivity index (χ2n) is 3.36. The van der Waals surface area contributed by atoms with Crippen LogP contribution in [0, 0.1) is 0 Å². The van der Waals surface area contributed by atoms with Crippen LogP contribution >= 0.6 is 0 Å². The Labute approximate surface area is 85.0 Å². The maximum Gasteiger partial charge on any atom is 0.573 e. The molecule has 0 aliphatic carbocycles. The molecular formula is C10H10F3NO. The summed E-state index contributed by atoms with van der Waals surface area (Å²) in [6.45, 7) is 0.794. The predicted octanol–water partition coefficient (Wildman–Crippen LogP) is 2.94. The Morgan fingerprint density at radius 3 is 2.80 bits per heavy atom. The fourth-order valence-corrected chi connectivity index (χ4v) is 1.70. The first kappa shape index (κ1) is 10.1. The lowest BCUT2D eigenvalue weighted by atomic mass is 10.0. The highest BCUT2D eigenvalue weighted by Crippen LogP contribution is 2.33. The fourth-order valence-electron chi connectivity index (χ4n) is 1.70. The number of hydrogen-bond acceptors (Lipinski definition) is 2. The molecule has 0 atom stereocenters. The van der Waals surface area contributed by atoms with Gasteiger partial charge in [0.2, 0.25) is 0 Å². The summed E-state index contributed by atoms with van der Waals surface area (Å²) in [4.78, 5) is 0. The molecule has 0 aromatic heterocycles. The molecule has 15 heavy (non-hydrogen) atoms. The lowest BCUT2D eigenvalue weighted by molar-refractivity contribution is -0.274. The molecular weight excluding hydrogens is 207 g/mol. The van der Waals surface area contributed by atoms with E-state index in [-0.39, 0.29) is 5.75 Å². The Hall–Kier alpha value is -1.39. The second-order valence-corrected chi connectivity index (χ2v) is 3.36. The normalized spacial score (nSPS) is 15.4. The van der Waals surface area contributed by atoms with Crippen LogP contribution in [0.1, 0.15) is 12.0 Å². The number of benzene rings is 1. The Morgan fingerprint density at radius 2 is 2.07 bits per heavy atom. The van der Waals surface area contributed by atoms with Crippen LogP contribution in [0.15, 0.2) is 18.2 Å². The quantitative estimate of drug-likeness (QED) is 0.780. The van der Waals surface area contributed by atoms with E-state index in [1.165, 1.54) is 6.07 Å². The summed E-state index contributed by atoms with van der Waals surface area (Å²) in [5.41, 5.74) is 1.35. The Balaban J connectivity index is 2.31. The average Bonchev–Trinajstić information content (AvgIpc) is 2.16. The maximum atomic E-state index is 12.1. The maximum absolute atomic E-state index is 12.1. The number of anilines is 1. The summed E-state index contributed by atoms with van der Waals surface area (Å²) in [6.07, 6.45) is -3.17. The minimum Gasteiger partial charge on any atom is -0.405 e. The van der Waals surface area contributed by atoms with E-state index in [2.05, 4.69) is 10.1 Å². The number of hydrogen-bond donors (Lipinski definition) is 1. The zero-order chi connectivity index (χ0) is 10.9. The van der Waals surface area contributed by atoms with Gasteiger partial charge < -0.3 is 10.1 Å². The van der Waals surface area contributed by atoms with Crippen molar-refractivity contribution in [3.8, 4) is 5.75 Å². The number of halogens is 3. The standard InChI is InChI=1S/C10H10F3NO/c11-10(12,13)15-9-5-1-4-8-7(9)3-2-6-14-8/h1,4-5,14H,2-3,6H2. The van der Waals surface area contributed by atoms with Gasteiger partial charge in [-0.05, 0) is 25.0 Å². The molecule has 0 amide bonds. The van der Waals surface area contributed by atoms with E-state index in [1.54, 1.807) is 12.1 Å². The Morgan fingerprint density at radius 1 is 1.27 bits per heavy atom. The van der Waals surface area contributed by atoms with Crippen molar-refractivity contribution in [1.82, 2.24) is 0 Å². The molecule has 5 heteroatoms. The van der Waals surface area contributed by atoms with Crippen molar-refractivity contribution in [3.05, 3.63) is 23.8 Å². The first-order valence-corrected chi connectivity index (χ1v) is 4.68. The third-order valence-electron chi connectivity index (χ3n) is 2.28. The largest absolute Gasteiger partial charge is 0.573 e. The molecule has 0 unspecified atom stereocenters. The van der Waals surface area contributed by atoms with E-state index in [1.807, 2.05) is 0 Å². The van der Waals surface area contributed by atoms with Crippen LogP contribution in [-0.2, 0) is 6.42 Å². The molecule has 0 fully saturated rings. The number of ether oxygens (including phenoxy) is 1. The van der Waals surface area contributed by atoms with Crippen molar-refractivity contribution in [2.75, 3.05) is 11.9 Å². The van der Waals surface area contributed by atoms with Gasteiger partial charge in [-0.15, -0.1) is 13.2 Å². The Kier molecular flexibility index (Phi) is 2.46.